The first kappa shape index (κ1) is 13.4. The maximum atomic E-state index is 5.92. The number of unbranched alkanes of at least 4 members (excludes halogenated alkanes) is 1. The molecule has 1 heterocycles. The predicted molar refractivity (Wildman–Crippen MR) is 76.1 cm³/mol. The summed E-state index contributed by atoms with van der Waals surface area (Å²) in [5.41, 5.74) is 2.91. The molecule has 0 saturated heterocycles. The van der Waals surface area contributed by atoms with Gasteiger partial charge in [0.05, 0.1) is 6.61 Å². The van der Waals surface area contributed by atoms with Crippen molar-refractivity contribution >= 4 is 0 Å². The van der Waals surface area contributed by atoms with Crippen LogP contribution in [0.15, 0.2) is 18.2 Å². The van der Waals surface area contributed by atoms with E-state index in [-0.39, 0.29) is 0 Å². The Morgan fingerprint density at radius 2 is 2.11 bits per heavy atom. The van der Waals surface area contributed by atoms with Crippen molar-refractivity contribution in [2.24, 2.45) is 0 Å². The Kier molecular flexibility index (Phi) is 5.06. The predicted octanol–water partition coefficient (Wildman–Crippen LogP) is 3.63. The molecule has 100 valence electrons. The molecule has 18 heavy (non-hydrogen) atoms. The van der Waals surface area contributed by atoms with Crippen LogP contribution in [0.2, 0.25) is 0 Å². The molecule has 0 fully saturated rings. The number of hydrogen-bond donors (Lipinski definition) is 0. The van der Waals surface area contributed by atoms with Gasteiger partial charge >= 0.3 is 0 Å². The van der Waals surface area contributed by atoms with E-state index in [9.17, 15) is 0 Å². The van der Waals surface area contributed by atoms with Crippen molar-refractivity contribution in [3.8, 4) is 5.75 Å². The van der Waals surface area contributed by atoms with Crippen LogP contribution in [0.5, 0.6) is 5.75 Å². The van der Waals surface area contributed by atoms with Crippen LogP contribution in [0.1, 0.15) is 44.2 Å². The Labute approximate surface area is 111 Å². The molecular weight excluding hydrogens is 222 g/mol. The molecule has 1 aromatic rings. The molecule has 0 aromatic heterocycles. The lowest BCUT2D eigenvalue weighted by atomic mass is 9.98. The third-order valence-corrected chi connectivity index (χ3v) is 3.60. The molecule has 2 heteroatoms. The van der Waals surface area contributed by atoms with Gasteiger partial charge in [-0.05, 0) is 43.0 Å². The monoisotopic (exact) mass is 247 g/mol. The smallest absolute Gasteiger partial charge is 0.122 e. The van der Waals surface area contributed by atoms with Gasteiger partial charge in [0.2, 0.25) is 0 Å². The van der Waals surface area contributed by atoms with Crippen LogP contribution in [0.25, 0.3) is 0 Å². The zero-order valence-corrected chi connectivity index (χ0v) is 11.7. The fourth-order valence-corrected chi connectivity index (χ4v) is 2.60. The summed E-state index contributed by atoms with van der Waals surface area (Å²) in [5, 5.41) is 0. The Morgan fingerprint density at radius 1 is 1.22 bits per heavy atom. The van der Waals surface area contributed by atoms with Gasteiger partial charge in [0.25, 0.3) is 0 Å². The summed E-state index contributed by atoms with van der Waals surface area (Å²) in [6, 6.07) is 6.52. The fourth-order valence-electron chi connectivity index (χ4n) is 2.60. The van der Waals surface area contributed by atoms with Crippen LogP contribution in [-0.2, 0) is 13.0 Å². The van der Waals surface area contributed by atoms with Gasteiger partial charge in [0, 0.05) is 13.1 Å². The minimum atomic E-state index is 0.853. The highest BCUT2D eigenvalue weighted by molar-refractivity contribution is 5.41. The number of nitrogens with zero attached hydrogens (tertiary/aromatic N) is 1. The molecule has 2 rings (SSSR count). The zero-order chi connectivity index (χ0) is 12.8. The fraction of sp³-hybridized carbons (Fsp3) is 0.625. The molecule has 0 radical (unpaired) electrons. The molecule has 0 saturated carbocycles. The first-order valence-electron chi connectivity index (χ1n) is 7.31. The van der Waals surface area contributed by atoms with E-state index in [1.165, 1.54) is 37.1 Å². The molecule has 0 N–H and O–H groups in total. The molecule has 0 aliphatic carbocycles. The molecule has 0 atom stereocenters. The Hall–Kier alpha value is -1.02. The van der Waals surface area contributed by atoms with Crippen molar-refractivity contribution in [1.82, 2.24) is 4.90 Å². The molecule has 1 aromatic carbocycles. The molecule has 1 aliphatic rings. The summed E-state index contributed by atoms with van der Waals surface area (Å²) in [6.07, 6.45) is 4.71. The van der Waals surface area contributed by atoms with E-state index in [0.29, 0.717) is 0 Å². The van der Waals surface area contributed by atoms with Gasteiger partial charge in [0.1, 0.15) is 5.75 Å². The van der Waals surface area contributed by atoms with E-state index >= 15 is 0 Å². The maximum Gasteiger partial charge on any atom is 0.122 e. The minimum absolute atomic E-state index is 0.853. The molecule has 0 bridgehead atoms. The van der Waals surface area contributed by atoms with Crippen LogP contribution in [-0.4, -0.2) is 24.6 Å². The quantitative estimate of drug-likeness (QED) is 0.712. The highest BCUT2D eigenvalue weighted by Gasteiger charge is 2.18. The average Bonchev–Trinajstić information content (AvgIpc) is 2.39. The lowest BCUT2D eigenvalue weighted by Crippen LogP contribution is -2.31. The third-order valence-electron chi connectivity index (χ3n) is 3.60. The van der Waals surface area contributed by atoms with Crippen molar-refractivity contribution in [1.29, 1.82) is 0 Å². The number of benzene rings is 1. The summed E-state index contributed by atoms with van der Waals surface area (Å²) in [4.78, 5) is 2.54. The van der Waals surface area contributed by atoms with E-state index in [2.05, 4.69) is 36.9 Å². The van der Waals surface area contributed by atoms with Gasteiger partial charge in [-0.1, -0.05) is 32.4 Å². The van der Waals surface area contributed by atoms with Crippen molar-refractivity contribution < 1.29 is 4.74 Å². The summed E-state index contributed by atoms with van der Waals surface area (Å²) in [7, 11) is 0. The van der Waals surface area contributed by atoms with Gasteiger partial charge in [-0.2, -0.15) is 0 Å². The lowest BCUT2D eigenvalue weighted by Gasteiger charge is -2.29. The zero-order valence-electron chi connectivity index (χ0n) is 11.7. The van der Waals surface area contributed by atoms with Crippen molar-refractivity contribution in [2.75, 3.05) is 19.7 Å². The molecule has 1 aliphatic heterocycles. The van der Waals surface area contributed by atoms with Crippen LogP contribution in [0, 0.1) is 0 Å². The topological polar surface area (TPSA) is 12.5 Å². The maximum absolute atomic E-state index is 5.92. The van der Waals surface area contributed by atoms with E-state index in [0.717, 1.165) is 31.7 Å². The standard InChI is InChI=1S/C16H25NO/c1-3-5-12-18-16-8-6-7-14-13-17(10-4-2)11-9-15(14)16/h6-8H,3-5,9-13H2,1-2H3. The molecule has 0 amide bonds. The van der Waals surface area contributed by atoms with E-state index in [4.69, 9.17) is 4.74 Å². The second-order valence-electron chi connectivity index (χ2n) is 5.12. The van der Waals surface area contributed by atoms with Crippen LogP contribution < -0.4 is 4.74 Å². The minimum Gasteiger partial charge on any atom is -0.493 e. The van der Waals surface area contributed by atoms with Crippen LogP contribution in [0.3, 0.4) is 0 Å². The van der Waals surface area contributed by atoms with Gasteiger partial charge in [-0.15, -0.1) is 0 Å². The highest BCUT2D eigenvalue weighted by atomic mass is 16.5. The Morgan fingerprint density at radius 3 is 2.89 bits per heavy atom. The van der Waals surface area contributed by atoms with E-state index in [1.54, 1.807) is 0 Å². The van der Waals surface area contributed by atoms with Gasteiger partial charge in [-0.3, -0.25) is 4.90 Å². The summed E-state index contributed by atoms with van der Waals surface area (Å²) >= 11 is 0. The number of rotatable bonds is 6. The normalized spacial score (nSPS) is 15.4. The van der Waals surface area contributed by atoms with Crippen LogP contribution in [0.4, 0.5) is 0 Å². The summed E-state index contributed by atoms with van der Waals surface area (Å²) in [5.74, 6) is 1.12. The van der Waals surface area contributed by atoms with Crippen LogP contribution >= 0.6 is 0 Å². The highest BCUT2D eigenvalue weighted by Crippen LogP contribution is 2.28. The second kappa shape index (κ2) is 6.79. The van der Waals surface area contributed by atoms with E-state index in [1.807, 2.05) is 0 Å². The van der Waals surface area contributed by atoms with Crippen molar-refractivity contribution in [3.63, 3.8) is 0 Å². The number of hydrogen-bond acceptors (Lipinski definition) is 2. The SMILES string of the molecule is CCCCOc1cccc2c1CCN(CCC)C2. The largest absolute Gasteiger partial charge is 0.493 e. The second-order valence-corrected chi connectivity index (χ2v) is 5.12. The lowest BCUT2D eigenvalue weighted by molar-refractivity contribution is 0.247. The Bertz CT molecular complexity index is 361. The number of fused-ring (bicyclic) bond motifs is 1. The summed E-state index contributed by atoms with van der Waals surface area (Å²) < 4.78 is 5.92. The van der Waals surface area contributed by atoms with Gasteiger partial charge < -0.3 is 4.74 Å². The van der Waals surface area contributed by atoms with E-state index < -0.39 is 0 Å². The average molecular weight is 247 g/mol. The Balaban J connectivity index is 2.04. The molecule has 0 unspecified atom stereocenters. The van der Waals surface area contributed by atoms with Crippen molar-refractivity contribution in [3.05, 3.63) is 29.3 Å². The molecule has 2 nitrogen and oxygen atoms in total. The first-order chi connectivity index (χ1) is 8.85. The third kappa shape index (κ3) is 3.26. The molecule has 0 spiro atoms. The molecular formula is C16H25NO. The van der Waals surface area contributed by atoms with Gasteiger partial charge in [0.15, 0.2) is 0 Å². The van der Waals surface area contributed by atoms with Crippen molar-refractivity contribution in [2.45, 2.75) is 46.1 Å². The summed E-state index contributed by atoms with van der Waals surface area (Å²) in [6.45, 7) is 8.78. The van der Waals surface area contributed by atoms with Gasteiger partial charge in [-0.25, -0.2) is 0 Å². The number of ether oxygens (including phenoxy) is 1. The first-order valence-corrected chi connectivity index (χ1v) is 7.31.